The van der Waals surface area contributed by atoms with E-state index in [1.807, 2.05) is 6.92 Å². The number of carbonyl (C=O) groups excluding carboxylic acids is 1. The lowest BCUT2D eigenvalue weighted by atomic mass is 10.2. The van der Waals surface area contributed by atoms with Crippen LogP contribution in [0, 0.1) is 0 Å². The molecule has 1 saturated heterocycles. The van der Waals surface area contributed by atoms with E-state index in [0.717, 1.165) is 5.69 Å². The molecule has 1 aliphatic rings. The fourth-order valence-corrected chi connectivity index (χ4v) is 1.86. The Bertz CT molecular complexity index is 465. The SMILES string of the molecule is CCOc1cccc(NCC2CC(F)(F)C(=O)O2)c1. The topological polar surface area (TPSA) is 47.6 Å². The second-order valence-corrected chi connectivity index (χ2v) is 4.28. The van der Waals surface area contributed by atoms with Crippen LogP contribution >= 0.6 is 0 Å². The molecule has 4 nitrogen and oxygen atoms in total. The molecule has 1 heterocycles. The van der Waals surface area contributed by atoms with Gasteiger partial charge in [0.05, 0.1) is 19.6 Å². The Kier molecular flexibility index (Phi) is 3.87. The monoisotopic (exact) mass is 271 g/mol. The highest BCUT2D eigenvalue weighted by atomic mass is 19.3. The van der Waals surface area contributed by atoms with Gasteiger partial charge in [0.1, 0.15) is 11.9 Å². The lowest BCUT2D eigenvalue weighted by molar-refractivity contribution is -0.158. The minimum atomic E-state index is -3.36. The van der Waals surface area contributed by atoms with Crippen LogP contribution in [0.25, 0.3) is 0 Å². The Morgan fingerprint density at radius 1 is 1.53 bits per heavy atom. The number of hydrogen-bond acceptors (Lipinski definition) is 4. The van der Waals surface area contributed by atoms with E-state index < -0.39 is 24.4 Å². The summed E-state index contributed by atoms with van der Waals surface area (Å²) in [5.41, 5.74) is 0.734. The number of nitrogens with one attached hydrogen (secondary N) is 1. The standard InChI is InChI=1S/C13H15F2NO3/c1-2-18-10-5-3-4-9(6-10)16-8-11-7-13(14,15)12(17)19-11/h3-6,11,16H,2,7-8H2,1H3. The Balaban J connectivity index is 1.89. The molecule has 6 heteroatoms. The molecule has 1 aliphatic heterocycles. The summed E-state index contributed by atoms with van der Waals surface area (Å²) in [6.07, 6.45) is -1.39. The van der Waals surface area contributed by atoms with Crippen LogP contribution in [-0.2, 0) is 9.53 Å². The van der Waals surface area contributed by atoms with Crippen LogP contribution in [0.5, 0.6) is 5.75 Å². The zero-order valence-electron chi connectivity index (χ0n) is 10.5. The molecule has 1 aromatic rings. The molecule has 0 aromatic heterocycles. The first-order chi connectivity index (χ1) is 9.01. The Hall–Kier alpha value is -1.85. The maximum Gasteiger partial charge on any atom is 0.377 e. The van der Waals surface area contributed by atoms with Crippen LogP contribution in [0.3, 0.4) is 0 Å². The van der Waals surface area contributed by atoms with Crippen molar-refractivity contribution in [2.24, 2.45) is 0 Å². The molecule has 1 unspecified atom stereocenters. The molecular weight excluding hydrogens is 256 g/mol. The first kappa shape index (κ1) is 13.6. The minimum absolute atomic E-state index is 0.150. The zero-order valence-corrected chi connectivity index (χ0v) is 10.5. The number of rotatable bonds is 5. The van der Waals surface area contributed by atoms with Gasteiger partial charge in [0.15, 0.2) is 0 Å². The van der Waals surface area contributed by atoms with Gasteiger partial charge in [0, 0.05) is 11.8 Å². The summed E-state index contributed by atoms with van der Waals surface area (Å²) in [6.45, 7) is 2.58. The second kappa shape index (κ2) is 5.42. The van der Waals surface area contributed by atoms with E-state index in [0.29, 0.717) is 12.4 Å². The molecule has 1 atom stereocenters. The van der Waals surface area contributed by atoms with Crippen molar-refractivity contribution in [3.05, 3.63) is 24.3 Å². The summed E-state index contributed by atoms with van der Waals surface area (Å²) >= 11 is 0. The van der Waals surface area contributed by atoms with Crippen molar-refractivity contribution in [3.63, 3.8) is 0 Å². The molecule has 19 heavy (non-hydrogen) atoms. The molecule has 1 aromatic carbocycles. The van der Waals surface area contributed by atoms with E-state index in [9.17, 15) is 13.6 Å². The van der Waals surface area contributed by atoms with Crippen molar-refractivity contribution in [1.82, 2.24) is 0 Å². The summed E-state index contributed by atoms with van der Waals surface area (Å²) in [4.78, 5) is 10.8. The minimum Gasteiger partial charge on any atom is -0.494 e. The summed E-state index contributed by atoms with van der Waals surface area (Å²) in [5.74, 6) is -4.11. The van der Waals surface area contributed by atoms with E-state index >= 15 is 0 Å². The van der Waals surface area contributed by atoms with Gasteiger partial charge in [0.2, 0.25) is 0 Å². The number of ether oxygens (including phenoxy) is 2. The van der Waals surface area contributed by atoms with E-state index in [4.69, 9.17) is 4.74 Å². The number of hydrogen-bond donors (Lipinski definition) is 1. The lowest BCUT2D eigenvalue weighted by Gasteiger charge is -2.12. The normalized spacial score (nSPS) is 21.0. The smallest absolute Gasteiger partial charge is 0.377 e. The highest BCUT2D eigenvalue weighted by molar-refractivity contribution is 5.79. The number of esters is 1. The van der Waals surface area contributed by atoms with Crippen molar-refractivity contribution in [1.29, 1.82) is 0 Å². The fraction of sp³-hybridized carbons (Fsp3) is 0.462. The van der Waals surface area contributed by atoms with E-state index in [1.165, 1.54) is 0 Å². The van der Waals surface area contributed by atoms with Crippen LogP contribution in [0.4, 0.5) is 14.5 Å². The van der Waals surface area contributed by atoms with E-state index in [2.05, 4.69) is 10.1 Å². The summed E-state index contributed by atoms with van der Waals surface area (Å²) in [5, 5.41) is 2.95. The number of carbonyl (C=O) groups is 1. The molecule has 1 N–H and O–H groups in total. The Morgan fingerprint density at radius 3 is 2.95 bits per heavy atom. The Labute approximate surface area is 109 Å². The van der Waals surface area contributed by atoms with Crippen molar-refractivity contribution >= 4 is 11.7 Å². The van der Waals surface area contributed by atoms with Crippen molar-refractivity contribution in [2.75, 3.05) is 18.5 Å². The average molecular weight is 271 g/mol. The molecule has 1 fully saturated rings. The predicted molar refractivity (Wildman–Crippen MR) is 65.5 cm³/mol. The van der Waals surface area contributed by atoms with Crippen LogP contribution < -0.4 is 10.1 Å². The van der Waals surface area contributed by atoms with E-state index in [1.54, 1.807) is 24.3 Å². The third-order valence-electron chi connectivity index (χ3n) is 2.74. The molecule has 2 rings (SSSR count). The van der Waals surface area contributed by atoms with Gasteiger partial charge in [-0.2, -0.15) is 8.78 Å². The van der Waals surface area contributed by atoms with Gasteiger partial charge >= 0.3 is 11.9 Å². The van der Waals surface area contributed by atoms with Crippen molar-refractivity contribution in [2.45, 2.75) is 25.4 Å². The van der Waals surface area contributed by atoms with Gasteiger partial charge in [-0.15, -0.1) is 0 Å². The Morgan fingerprint density at radius 2 is 2.32 bits per heavy atom. The molecule has 0 aliphatic carbocycles. The molecule has 0 bridgehead atoms. The maximum atomic E-state index is 13.0. The lowest BCUT2D eigenvalue weighted by Crippen LogP contribution is -2.22. The summed E-state index contributed by atoms with van der Waals surface area (Å²) in [6, 6.07) is 7.15. The fourth-order valence-electron chi connectivity index (χ4n) is 1.86. The molecule has 104 valence electrons. The van der Waals surface area contributed by atoms with Gasteiger partial charge in [-0.1, -0.05) is 6.07 Å². The van der Waals surface area contributed by atoms with Crippen LogP contribution in [0.2, 0.25) is 0 Å². The number of benzene rings is 1. The molecule has 0 spiro atoms. The third-order valence-corrected chi connectivity index (χ3v) is 2.74. The predicted octanol–water partition coefficient (Wildman–Crippen LogP) is 2.45. The molecule has 0 saturated carbocycles. The highest BCUT2D eigenvalue weighted by Gasteiger charge is 2.50. The number of alkyl halides is 2. The third kappa shape index (κ3) is 3.33. The largest absolute Gasteiger partial charge is 0.494 e. The van der Waals surface area contributed by atoms with Crippen molar-refractivity contribution in [3.8, 4) is 5.75 Å². The van der Waals surface area contributed by atoms with Crippen LogP contribution in [-0.4, -0.2) is 31.1 Å². The first-order valence-corrected chi connectivity index (χ1v) is 6.07. The quantitative estimate of drug-likeness (QED) is 0.836. The average Bonchev–Trinajstić information content (AvgIpc) is 2.62. The summed E-state index contributed by atoms with van der Waals surface area (Å²) in [7, 11) is 0. The van der Waals surface area contributed by atoms with Crippen LogP contribution in [0.1, 0.15) is 13.3 Å². The van der Waals surface area contributed by atoms with Gasteiger partial charge in [-0.3, -0.25) is 0 Å². The maximum absolute atomic E-state index is 13.0. The highest BCUT2D eigenvalue weighted by Crippen LogP contribution is 2.31. The molecule has 0 amide bonds. The van der Waals surface area contributed by atoms with Gasteiger partial charge < -0.3 is 14.8 Å². The van der Waals surface area contributed by atoms with Gasteiger partial charge in [-0.25, -0.2) is 4.79 Å². The number of cyclic esters (lactones) is 1. The molecule has 0 radical (unpaired) electrons. The summed E-state index contributed by atoms with van der Waals surface area (Å²) < 4.78 is 35.8. The first-order valence-electron chi connectivity index (χ1n) is 6.07. The number of anilines is 1. The van der Waals surface area contributed by atoms with E-state index in [-0.39, 0.29) is 6.54 Å². The van der Waals surface area contributed by atoms with Crippen LogP contribution in [0.15, 0.2) is 24.3 Å². The van der Waals surface area contributed by atoms with Gasteiger partial charge in [0.25, 0.3) is 0 Å². The molecular formula is C13H15F2NO3. The number of halogens is 2. The van der Waals surface area contributed by atoms with Gasteiger partial charge in [-0.05, 0) is 19.1 Å². The second-order valence-electron chi connectivity index (χ2n) is 4.28. The zero-order chi connectivity index (χ0) is 13.9. The van der Waals surface area contributed by atoms with Crippen molar-refractivity contribution < 1.29 is 23.0 Å².